The topological polar surface area (TPSA) is 73.5 Å². The number of urea groups is 1. The SMILES string of the molecule is Cc1cccc(NC(=O)NCC(=O)NCC(C)CN2CCCC2)c1. The highest BCUT2D eigenvalue weighted by molar-refractivity contribution is 5.92. The monoisotopic (exact) mass is 332 g/mol. The first kappa shape index (κ1) is 18.3. The second-order valence-corrected chi connectivity index (χ2v) is 6.59. The molecule has 1 aromatic carbocycles. The lowest BCUT2D eigenvalue weighted by atomic mass is 10.1. The molecule has 0 radical (unpaired) electrons. The van der Waals surface area contributed by atoms with E-state index in [2.05, 4.69) is 27.8 Å². The maximum absolute atomic E-state index is 11.8. The first-order valence-corrected chi connectivity index (χ1v) is 8.63. The Bertz CT molecular complexity index is 556. The van der Waals surface area contributed by atoms with Gasteiger partial charge in [0.05, 0.1) is 6.54 Å². The van der Waals surface area contributed by atoms with E-state index < -0.39 is 0 Å². The van der Waals surface area contributed by atoms with Crippen LogP contribution in [0.15, 0.2) is 24.3 Å². The van der Waals surface area contributed by atoms with Gasteiger partial charge in [-0.05, 0) is 56.5 Å². The van der Waals surface area contributed by atoms with Crippen molar-refractivity contribution in [2.75, 3.05) is 38.0 Å². The lowest BCUT2D eigenvalue weighted by Crippen LogP contribution is -2.41. The van der Waals surface area contributed by atoms with E-state index in [1.807, 2.05) is 31.2 Å². The molecule has 0 aliphatic carbocycles. The van der Waals surface area contributed by atoms with Gasteiger partial charge in [0, 0.05) is 18.8 Å². The van der Waals surface area contributed by atoms with Crippen molar-refractivity contribution in [1.29, 1.82) is 0 Å². The fourth-order valence-corrected chi connectivity index (χ4v) is 2.88. The highest BCUT2D eigenvalue weighted by atomic mass is 16.2. The Morgan fingerprint density at radius 3 is 2.67 bits per heavy atom. The average molecular weight is 332 g/mol. The molecule has 1 heterocycles. The molecule has 1 aromatic rings. The van der Waals surface area contributed by atoms with Crippen molar-refractivity contribution in [2.45, 2.75) is 26.7 Å². The molecule has 1 fully saturated rings. The van der Waals surface area contributed by atoms with Crippen LogP contribution < -0.4 is 16.0 Å². The number of amides is 3. The third-order valence-electron chi connectivity index (χ3n) is 4.10. The van der Waals surface area contributed by atoms with Gasteiger partial charge in [0.2, 0.25) is 5.91 Å². The summed E-state index contributed by atoms with van der Waals surface area (Å²) in [6, 6.07) is 7.15. The van der Waals surface area contributed by atoms with Crippen LogP contribution in [-0.2, 0) is 4.79 Å². The summed E-state index contributed by atoms with van der Waals surface area (Å²) in [5.41, 5.74) is 1.78. The van der Waals surface area contributed by atoms with Gasteiger partial charge in [-0.15, -0.1) is 0 Å². The summed E-state index contributed by atoms with van der Waals surface area (Å²) in [6.07, 6.45) is 2.55. The molecule has 132 valence electrons. The molecule has 0 spiro atoms. The summed E-state index contributed by atoms with van der Waals surface area (Å²) < 4.78 is 0. The van der Waals surface area contributed by atoms with Gasteiger partial charge in [0.15, 0.2) is 0 Å². The van der Waals surface area contributed by atoms with Crippen molar-refractivity contribution in [2.24, 2.45) is 5.92 Å². The van der Waals surface area contributed by atoms with E-state index >= 15 is 0 Å². The van der Waals surface area contributed by atoms with Crippen LogP contribution in [-0.4, -0.2) is 49.6 Å². The number of aryl methyl sites for hydroxylation is 1. The van der Waals surface area contributed by atoms with E-state index in [1.54, 1.807) is 0 Å². The van der Waals surface area contributed by atoms with Crippen LogP contribution in [0.2, 0.25) is 0 Å². The van der Waals surface area contributed by atoms with Crippen LogP contribution in [0.3, 0.4) is 0 Å². The molecule has 24 heavy (non-hydrogen) atoms. The highest BCUT2D eigenvalue weighted by Crippen LogP contribution is 2.10. The van der Waals surface area contributed by atoms with Gasteiger partial charge in [0.25, 0.3) is 0 Å². The van der Waals surface area contributed by atoms with Gasteiger partial charge in [-0.25, -0.2) is 4.79 Å². The summed E-state index contributed by atoms with van der Waals surface area (Å²) in [5, 5.41) is 8.17. The van der Waals surface area contributed by atoms with Crippen molar-refractivity contribution in [3.8, 4) is 0 Å². The second-order valence-electron chi connectivity index (χ2n) is 6.59. The predicted molar refractivity (Wildman–Crippen MR) is 96.0 cm³/mol. The van der Waals surface area contributed by atoms with E-state index in [0.29, 0.717) is 18.2 Å². The zero-order valence-electron chi connectivity index (χ0n) is 14.6. The quantitative estimate of drug-likeness (QED) is 0.715. The van der Waals surface area contributed by atoms with Crippen molar-refractivity contribution < 1.29 is 9.59 Å². The first-order valence-electron chi connectivity index (χ1n) is 8.63. The van der Waals surface area contributed by atoms with Crippen molar-refractivity contribution >= 4 is 17.6 Å². The van der Waals surface area contributed by atoms with Crippen molar-refractivity contribution in [3.05, 3.63) is 29.8 Å². The number of nitrogens with zero attached hydrogens (tertiary/aromatic N) is 1. The van der Waals surface area contributed by atoms with Crippen LogP contribution in [0.5, 0.6) is 0 Å². The Balaban J connectivity index is 1.60. The fraction of sp³-hybridized carbons (Fsp3) is 0.556. The lowest BCUT2D eigenvalue weighted by molar-refractivity contribution is -0.120. The van der Waals surface area contributed by atoms with Crippen molar-refractivity contribution in [3.63, 3.8) is 0 Å². The average Bonchev–Trinajstić information content (AvgIpc) is 3.04. The number of rotatable bonds is 7. The number of carbonyl (C=O) groups is 2. The van der Waals surface area contributed by atoms with Gasteiger partial charge < -0.3 is 20.9 Å². The summed E-state index contributed by atoms with van der Waals surface area (Å²) in [7, 11) is 0. The van der Waals surface area contributed by atoms with E-state index in [0.717, 1.165) is 12.1 Å². The van der Waals surface area contributed by atoms with E-state index in [4.69, 9.17) is 0 Å². The van der Waals surface area contributed by atoms with E-state index in [1.165, 1.54) is 25.9 Å². The molecule has 1 saturated heterocycles. The minimum absolute atomic E-state index is 0.0198. The largest absolute Gasteiger partial charge is 0.354 e. The Morgan fingerprint density at radius 2 is 1.96 bits per heavy atom. The minimum Gasteiger partial charge on any atom is -0.354 e. The van der Waals surface area contributed by atoms with Gasteiger partial charge >= 0.3 is 6.03 Å². The van der Waals surface area contributed by atoms with Gasteiger partial charge in [-0.1, -0.05) is 19.1 Å². The molecule has 0 bridgehead atoms. The maximum atomic E-state index is 11.8. The molecule has 1 unspecified atom stereocenters. The van der Waals surface area contributed by atoms with E-state index in [-0.39, 0.29) is 18.5 Å². The van der Waals surface area contributed by atoms with E-state index in [9.17, 15) is 9.59 Å². The summed E-state index contributed by atoms with van der Waals surface area (Å²) in [6.45, 7) is 8.06. The predicted octanol–water partition coefficient (Wildman–Crippen LogP) is 1.96. The zero-order valence-corrected chi connectivity index (χ0v) is 14.6. The Kier molecular flexibility index (Phi) is 7.06. The maximum Gasteiger partial charge on any atom is 0.319 e. The van der Waals surface area contributed by atoms with Crippen LogP contribution in [0.25, 0.3) is 0 Å². The highest BCUT2D eigenvalue weighted by Gasteiger charge is 2.15. The normalized spacial score (nSPS) is 15.8. The standard InChI is InChI=1S/C18H28N4O2/c1-14-6-5-7-16(10-14)21-18(24)20-12-17(23)19-11-15(2)13-22-8-3-4-9-22/h5-7,10,15H,3-4,8-9,11-13H2,1-2H3,(H,19,23)(H2,20,21,24). The smallest absolute Gasteiger partial charge is 0.319 e. The molecule has 3 N–H and O–H groups in total. The molecule has 1 aliphatic rings. The number of nitrogens with one attached hydrogen (secondary N) is 3. The third kappa shape index (κ3) is 6.58. The number of hydrogen-bond acceptors (Lipinski definition) is 3. The van der Waals surface area contributed by atoms with Gasteiger partial charge in [-0.2, -0.15) is 0 Å². The third-order valence-corrected chi connectivity index (χ3v) is 4.10. The summed E-state index contributed by atoms with van der Waals surface area (Å²) in [5.74, 6) is 0.246. The molecule has 6 nitrogen and oxygen atoms in total. The van der Waals surface area contributed by atoms with Crippen LogP contribution in [0, 0.1) is 12.8 Å². The van der Waals surface area contributed by atoms with Crippen LogP contribution in [0.1, 0.15) is 25.3 Å². The first-order chi connectivity index (χ1) is 11.5. The Hall–Kier alpha value is -2.08. The van der Waals surface area contributed by atoms with Gasteiger partial charge in [0.1, 0.15) is 0 Å². The molecular formula is C18H28N4O2. The molecule has 1 aliphatic heterocycles. The second kappa shape index (κ2) is 9.27. The van der Waals surface area contributed by atoms with Gasteiger partial charge in [-0.3, -0.25) is 4.79 Å². The number of hydrogen-bond donors (Lipinski definition) is 3. The Morgan fingerprint density at radius 1 is 1.21 bits per heavy atom. The molecule has 1 atom stereocenters. The summed E-state index contributed by atoms with van der Waals surface area (Å²) >= 11 is 0. The molecule has 0 saturated carbocycles. The number of likely N-dealkylation sites (tertiary alicyclic amines) is 1. The fourth-order valence-electron chi connectivity index (χ4n) is 2.88. The Labute approximate surface area is 144 Å². The summed E-state index contributed by atoms with van der Waals surface area (Å²) in [4.78, 5) is 26.1. The number of benzene rings is 1. The number of anilines is 1. The van der Waals surface area contributed by atoms with Crippen LogP contribution >= 0.6 is 0 Å². The van der Waals surface area contributed by atoms with Crippen LogP contribution in [0.4, 0.5) is 10.5 Å². The minimum atomic E-state index is -0.374. The molecule has 3 amide bonds. The lowest BCUT2D eigenvalue weighted by Gasteiger charge is -2.20. The number of carbonyl (C=O) groups excluding carboxylic acids is 2. The molecule has 2 rings (SSSR count). The van der Waals surface area contributed by atoms with Crippen molar-refractivity contribution in [1.82, 2.24) is 15.5 Å². The zero-order chi connectivity index (χ0) is 17.4. The molecule has 6 heteroatoms. The molecule has 0 aromatic heterocycles. The molecular weight excluding hydrogens is 304 g/mol.